The predicted octanol–water partition coefficient (Wildman–Crippen LogP) is 1.78. The average molecular weight is 346 g/mol. The number of nitrogens with zero attached hydrogens (tertiary/aromatic N) is 4. The number of carbonyl (C=O) groups is 1. The molecule has 2 saturated heterocycles. The molecule has 2 aromatic rings. The molecule has 0 saturated carbocycles. The molecule has 0 bridgehead atoms. The Labute approximate surface area is 147 Å². The molecular formula is C17H20ClN5O. The molecule has 1 amide bonds. The van der Waals surface area contributed by atoms with E-state index < -0.39 is 0 Å². The van der Waals surface area contributed by atoms with Gasteiger partial charge in [0.25, 0.3) is 5.91 Å². The second-order valence-corrected chi connectivity index (χ2v) is 6.18. The van der Waals surface area contributed by atoms with Crippen molar-refractivity contribution >= 4 is 18.3 Å². The van der Waals surface area contributed by atoms with Crippen molar-refractivity contribution in [1.82, 2.24) is 25.2 Å². The number of carbonyl (C=O) groups excluding carboxylic acids is 1. The summed E-state index contributed by atoms with van der Waals surface area (Å²) in [4.78, 5) is 27.4. The number of halogens is 1. The van der Waals surface area contributed by atoms with E-state index in [-0.39, 0.29) is 18.3 Å². The molecule has 4 heterocycles. The maximum atomic E-state index is 12.6. The van der Waals surface area contributed by atoms with Gasteiger partial charge in [0.1, 0.15) is 5.69 Å². The molecule has 2 fully saturated rings. The van der Waals surface area contributed by atoms with Crippen molar-refractivity contribution in [1.29, 1.82) is 0 Å². The van der Waals surface area contributed by atoms with Crippen molar-refractivity contribution in [2.75, 3.05) is 19.6 Å². The third-order valence-corrected chi connectivity index (χ3v) is 4.68. The molecule has 0 unspecified atom stereocenters. The van der Waals surface area contributed by atoms with Crippen LogP contribution in [0, 0.1) is 5.92 Å². The van der Waals surface area contributed by atoms with Gasteiger partial charge in [0, 0.05) is 37.7 Å². The fourth-order valence-corrected chi connectivity index (χ4v) is 3.46. The summed E-state index contributed by atoms with van der Waals surface area (Å²) in [7, 11) is 0. The molecule has 6 nitrogen and oxygen atoms in total. The lowest BCUT2D eigenvalue weighted by Gasteiger charge is -2.24. The molecule has 0 spiro atoms. The zero-order chi connectivity index (χ0) is 15.6. The lowest BCUT2D eigenvalue weighted by molar-refractivity contribution is 0.0785. The van der Waals surface area contributed by atoms with Crippen LogP contribution in [-0.4, -0.2) is 51.4 Å². The molecule has 0 aromatic carbocycles. The normalized spacial score (nSPS) is 22.6. The van der Waals surface area contributed by atoms with Crippen LogP contribution in [0.25, 0.3) is 11.5 Å². The topological polar surface area (TPSA) is 71.0 Å². The van der Waals surface area contributed by atoms with Crippen LogP contribution >= 0.6 is 12.4 Å². The second kappa shape index (κ2) is 7.23. The van der Waals surface area contributed by atoms with Gasteiger partial charge in [-0.05, 0) is 37.4 Å². The Kier molecular flexibility index (Phi) is 5.06. The number of likely N-dealkylation sites (tertiary alicyclic amines) is 1. The number of rotatable bonds is 2. The van der Waals surface area contributed by atoms with Gasteiger partial charge in [0.2, 0.25) is 0 Å². The third kappa shape index (κ3) is 3.25. The van der Waals surface area contributed by atoms with Crippen molar-refractivity contribution in [3.8, 4) is 11.5 Å². The summed E-state index contributed by atoms with van der Waals surface area (Å²) < 4.78 is 0. The van der Waals surface area contributed by atoms with Crippen LogP contribution in [0.1, 0.15) is 23.2 Å². The van der Waals surface area contributed by atoms with Crippen LogP contribution in [0.5, 0.6) is 0 Å². The van der Waals surface area contributed by atoms with E-state index in [4.69, 9.17) is 0 Å². The molecular weight excluding hydrogens is 326 g/mol. The van der Waals surface area contributed by atoms with Crippen LogP contribution in [0.15, 0.2) is 36.8 Å². The number of pyridine rings is 1. The van der Waals surface area contributed by atoms with E-state index in [0.29, 0.717) is 29.0 Å². The molecule has 7 heteroatoms. The summed E-state index contributed by atoms with van der Waals surface area (Å²) in [6.45, 7) is 2.68. The Hall–Kier alpha value is -2.05. The minimum absolute atomic E-state index is 0. The molecule has 4 rings (SSSR count). The maximum absolute atomic E-state index is 12.6. The van der Waals surface area contributed by atoms with Crippen molar-refractivity contribution in [2.24, 2.45) is 5.92 Å². The summed E-state index contributed by atoms with van der Waals surface area (Å²) in [5.41, 5.74) is 1.26. The first-order valence-corrected chi connectivity index (χ1v) is 8.07. The number of nitrogens with one attached hydrogen (secondary N) is 1. The number of hydrogen-bond acceptors (Lipinski definition) is 5. The van der Waals surface area contributed by atoms with Gasteiger partial charge in [-0.3, -0.25) is 9.78 Å². The highest BCUT2D eigenvalue weighted by Crippen LogP contribution is 2.26. The van der Waals surface area contributed by atoms with Crippen LogP contribution in [0.4, 0.5) is 0 Å². The highest BCUT2D eigenvalue weighted by Gasteiger charge is 2.36. The summed E-state index contributed by atoms with van der Waals surface area (Å²) in [6.07, 6.45) is 7.32. The second-order valence-electron chi connectivity index (χ2n) is 6.18. The summed E-state index contributed by atoms with van der Waals surface area (Å²) in [5.74, 6) is 1.15. The van der Waals surface area contributed by atoms with Crippen molar-refractivity contribution in [3.05, 3.63) is 42.4 Å². The zero-order valence-corrected chi connectivity index (χ0v) is 14.1. The van der Waals surface area contributed by atoms with Crippen LogP contribution < -0.4 is 5.32 Å². The lowest BCUT2D eigenvalue weighted by atomic mass is 9.94. The smallest absolute Gasteiger partial charge is 0.257 e. The number of piperidine rings is 1. The van der Waals surface area contributed by atoms with Crippen molar-refractivity contribution < 1.29 is 4.79 Å². The third-order valence-electron chi connectivity index (χ3n) is 4.68. The molecule has 0 aliphatic carbocycles. The molecule has 2 aromatic heterocycles. The van der Waals surface area contributed by atoms with Gasteiger partial charge in [-0.1, -0.05) is 6.07 Å². The quantitative estimate of drug-likeness (QED) is 0.898. The van der Waals surface area contributed by atoms with Crippen LogP contribution in [0.3, 0.4) is 0 Å². The maximum Gasteiger partial charge on any atom is 0.257 e. The van der Waals surface area contributed by atoms with Crippen molar-refractivity contribution in [2.45, 2.75) is 18.9 Å². The summed E-state index contributed by atoms with van der Waals surface area (Å²) >= 11 is 0. The Balaban J connectivity index is 0.00000169. The lowest BCUT2D eigenvalue weighted by Crippen LogP contribution is -2.41. The van der Waals surface area contributed by atoms with E-state index in [1.54, 1.807) is 18.6 Å². The van der Waals surface area contributed by atoms with E-state index in [2.05, 4.69) is 20.3 Å². The number of fused-ring (bicyclic) bond motifs is 1. The number of amides is 1. The number of hydrogen-bond donors (Lipinski definition) is 1. The zero-order valence-electron chi connectivity index (χ0n) is 13.3. The van der Waals surface area contributed by atoms with Gasteiger partial charge in [-0.25, -0.2) is 9.97 Å². The van der Waals surface area contributed by atoms with Gasteiger partial charge in [0.15, 0.2) is 5.82 Å². The minimum atomic E-state index is 0. The van der Waals surface area contributed by atoms with Gasteiger partial charge in [-0.2, -0.15) is 0 Å². The monoisotopic (exact) mass is 345 g/mol. The highest BCUT2D eigenvalue weighted by atomic mass is 35.5. The molecule has 24 heavy (non-hydrogen) atoms. The van der Waals surface area contributed by atoms with E-state index >= 15 is 0 Å². The van der Waals surface area contributed by atoms with Crippen molar-refractivity contribution in [3.63, 3.8) is 0 Å². The van der Waals surface area contributed by atoms with E-state index in [1.165, 1.54) is 12.8 Å². The first-order valence-electron chi connectivity index (χ1n) is 8.07. The average Bonchev–Trinajstić information content (AvgIpc) is 3.06. The number of aromatic nitrogens is 3. The van der Waals surface area contributed by atoms with Gasteiger partial charge in [-0.15, -0.1) is 12.4 Å². The largest absolute Gasteiger partial charge is 0.337 e. The molecule has 2 aliphatic heterocycles. The summed E-state index contributed by atoms with van der Waals surface area (Å²) in [5, 5.41) is 3.51. The standard InChI is InChI=1S/C17H19N5O.ClH/c23-17(22-10-12-4-3-7-19-15(12)11-22)13-8-20-16(21-9-13)14-5-1-2-6-18-14;/h1-2,5-6,8-9,12,15,19H,3-4,7,10-11H2;1H/t12-,15+;/m0./s1. The molecule has 126 valence electrons. The summed E-state index contributed by atoms with van der Waals surface area (Å²) in [6, 6.07) is 6.04. The molecule has 0 radical (unpaired) electrons. The predicted molar refractivity (Wildman–Crippen MR) is 92.9 cm³/mol. The van der Waals surface area contributed by atoms with E-state index in [9.17, 15) is 4.79 Å². The Morgan fingerprint density at radius 2 is 2.00 bits per heavy atom. The first kappa shape index (κ1) is 16.8. The Morgan fingerprint density at radius 3 is 2.71 bits per heavy atom. The van der Waals surface area contributed by atoms with Gasteiger partial charge in [0.05, 0.1) is 5.56 Å². The molecule has 1 N–H and O–H groups in total. The fraction of sp³-hybridized carbons (Fsp3) is 0.412. The highest BCUT2D eigenvalue weighted by molar-refractivity contribution is 5.94. The van der Waals surface area contributed by atoms with Crippen LogP contribution in [0.2, 0.25) is 0 Å². The minimum Gasteiger partial charge on any atom is -0.337 e. The SMILES string of the molecule is Cl.O=C(c1cnc(-c2ccccn2)nc1)N1C[C@@H]2CCCN[C@@H]2C1. The van der Waals surface area contributed by atoms with Gasteiger partial charge < -0.3 is 10.2 Å². The Bertz CT molecular complexity index is 680. The Morgan fingerprint density at radius 1 is 1.17 bits per heavy atom. The molecule has 2 atom stereocenters. The molecule has 2 aliphatic rings. The van der Waals surface area contributed by atoms with E-state index in [1.807, 2.05) is 23.1 Å². The fourth-order valence-electron chi connectivity index (χ4n) is 3.46. The van der Waals surface area contributed by atoms with E-state index in [0.717, 1.165) is 19.6 Å². The van der Waals surface area contributed by atoms with Gasteiger partial charge >= 0.3 is 0 Å². The van der Waals surface area contributed by atoms with Crippen LogP contribution in [-0.2, 0) is 0 Å². The first-order chi connectivity index (χ1) is 11.3.